The van der Waals surface area contributed by atoms with E-state index >= 15 is 0 Å². The average Bonchev–Trinajstić information content (AvgIpc) is 2.90. The predicted molar refractivity (Wildman–Crippen MR) is 76.4 cm³/mol. The molecule has 2 nitrogen and oxygen atoms in total. The molecule has 2 saturated carbocycles. The molecule has 3 atom stereocenters. The maximum absolute atomic E-state index is 12.3. The molecule has 3 rings (SSSR count). The average molecular weight is 308 g/mol. The first-order chi connectivity index (χ1) is 8.63. The van der Waals surface area contributed by atoms with Crippen LogP contribution < -0.4 is 5.73 Å². The quantitative estimate of drug-likeness (QED) is 0.676. The van der Waals surface area contributed by atoms with Crippen LogP contribution >= 0.6 is 15.9 Å². The van der Waals surface area contributed by atoms with E-state index in [9.17, 15) is 4.79 Å². The standard InChI is InChI=1S/C15H18BrNO/c16-14-8-12(17)3-4-13(14)15(18)7-11-6-9-1-2-10(11)5-9/h3-4,8-11H,1-2,5-7,17H2. The van der Waals surface area contributed by atoms with E-state index in [0.29, 0.717) is 18.0 Å². The number of halogens is 1. The van der Waals surface area contributed by atoms with Gasteiger partial charge in [0, 0.05) is 22.1 Å². The number of nitrogens with two attached hydrogens (primary N) is 1. The maximum Gasteiger partial charge on any atom is 0.164 e. The molecule has 0 aliphatic heterocycles. The second-order valence-electron chi connectivity index (χ2n) is 5.80. The van der Waals surface area contributed by atoms with Crippen molar-refractivity contribution in [2.24, 2.45) is 17.8 Å². The number of carbonyl (C=O) groups is 1. The molecule has 2 aliphatic carbocycles. The van der Waals surface area contributed by atoms with E-state index in [2.05, 4.69) is 15.9 Å². The topological polar surface area (TPSA) is 43.1 Å². The zero-order valence-electron chi connectivity index (χ0n) is 10.4. The third-order valence-corrected chi connectivity index (χ3v) is 5.28. The Balaban J connectivity index is 1.71. The fraction of sp³-hybridized carbons (Fsp3) is 0.533. The molecular weight excluding hydrogens is 290 g/mol. The lowest BCUT2D eigenvalue weighted by Gasteiger charge is -2.20. The van der Waals surface area contributed by atoms with E-state index in [1.165, 1.54) is 25.7 Å². The number of fused-ring (bicyclic) bond motifs is 2. The van der Waals surface area contributed by atoms with Gasteiger partial charge in [-0.05, 0) is 71.1 Å². The van der Waals surface area contributed by atoms with Crippen molar-refractivity contribution in [3.05, 3.63) is 28.2 Å². The summed E-state index contributed by atoms with van der Waals surface area (Å²) in [6.45, 7) is 0. The highest BCUT2D eigenvalue weighted by atomic mass is 79.9. The van der Waals surface area contributed by atoms with Crippen molar-refractivity contribution < 1.29 is 4.79 Å². The molecule has 96 valence electrons. The van der Waals surface area contributed by atoms with Crippen molar-refractivity contribution in [2.75, 3.05) is 5.73 Å². The number of benzene rings is 1. The minimum Gasteiger partial charge on any atom is -0.399 e. The molecule has 3 heteroatoms. The Morgan fingerprint density at radius 2 is 2.17 bits per heavy atom. The van der Waals surface area contributed by atoms with Gasteiger partial charge in [0.1, 0.15) is 0 Å². The molecule has 0 amide bonds. The largest absolute Gasteiger partial charge is 0.399 e. The smallest absolute Gasteiger partial charge is 0.164 e. The van der Waals surface area contributed by atoms with Crippen LogP contribution in [0.1, 0.15) is 42.5 Å². The molecule has 3 unspecified atom stereocenters. The van der Waals surface area contributed by atoms with Crippen molar-refractivity contribution in [2.45, 2.75) is 32.1 Å². The van der Waals surface area contributed by atoms with Crippen LogP contribution in [0.15, 0.2) is 22.7 Å². The highest BCUT2D eigenvalue weighted by molar-refractivity contribution is 9.10. The monoisotopic (exact) mass is 307 g/mol. The number of Topliss-reactive ketones (excluding diaryl/α,β-unsaturated/α-hetero) is 1. The molecule has 2 aliphatic rings. The summed E-state index contributed by atoms with van der Waals surface area (Å²) in [5.74, 6) is 2.61. The summed E-state index contributed by atoms with van der Waals surface area (Å²) in [7, 11) is 0. The Kier molecular flexibility index (Phi) is 3.18. The predicted octanol–water partition coefficient (Wildman–Crippen LogP) is 4.04. The lowest BCUT2D eigenvalue weighted by atomic mass is 9.84. The second kappa shape index (κ2) is 4.69. The normalized spacial score (nSPS) is 29.7. The Morgan fingerprint density at radius 1 is 1.33 bits per heavy atom. The summed E-state index contributed by atoms with van der Waals surface area (Å²) >= 11 is 3.44. The van der Waals surface area contributed by atoms with E-state index in [1.807, 2.05) is 12.1 Å². The Morgan fingerprint density at radius 3 is 2.78 bits per heavy atom. The number of anilines is 1. The molecule has 0 spiro atoms. The molecule has 0 radical (unpaired) electrons. The van der Waals surface area contributed by atoms with Gasteiger partial charge in [-0.1, -0.05) is 6.42 Å². The van der Waals surface area contributed by atoms with Crippen LogP contribution in [-0.2, 0) is 0 Å². The number of hydrogen-bond donors (Lipinski definition) is 1. The Labute approximate surface area is 116 Å². The first-order valence-electron chi connectivity index (χ1n) is 6.71. The SMILES string of the molecule is Nc1ccc(C(=O)CC2CC3CCC2C3)c(Br)c1. The fourth-order valence-electron chi connectivity index (χ4n) is 3.73. The van der Waals surface area contributed by atoms with Gasteiger partial charge in [-0.2, -0.15) is 0 Å². The summed E-state index contributed by atoms with van der Waals surface area (Å²) < 4.78 is 0.829. The zero-order valence-corrected chi connectivity index (χ0v) is 11.9. The summed E-state index contributed by atoms with van der Waals surface area (Å²) in [5, 5.41) is 0. The highest BCUT2D eigenvalue weighted by Gasteiger charge is 2.40. The molecular formula is C15H18BrNO. The summed E-state index contributed by atoms with van der Waals surface area (Å²) in [6.07, 6.45) is 6.07. The van der Waals surface area contributed by atoms with Crippen LogP contribution in [-0.4, -0.2) is 5.78 Å². The van der Waals surface area contributed by atoms with Gasteiger partial charge < -0.3 is 5.73 Å². The molecule has 2 N–H and O–H groups in total. The van der Waals surface area contributed by atoms with Crippen molar-refractivity contribution in [3.63, 3.8) is 0 Å². The van der Waals surface area contributed by atoms with E-state index < -0.39 is 0 Å². The molecule has 1 aromatic rings. The molecule has 2 bridgehead atoms. The fourth-order valence-corrected chi connectivity index (χ4v) is 4.35. The highest BCUT2D eigenvalue weighted by Crippen LogP contribution is 2.49. The second-order valence-corrected chi connectivity index (χ2v) is 6.66. The van der Waals surface area contributed by atoms with Crippen LogP contribution in [0.3, 0.4) is 0 Å². The third kappa shape index (κ3) is 2.20. The lowest BCUT2D eigenvalue weighted by Crippen LogP contribution is -2.15. The van der Waals surface area contributed by atoms with Gasteiger partial charge in [0.05, 0.1) is 0 Å². The van der Waals surface area contributed by atoms with Crippen molar-refractivity contribution in [1.29, 1.82) is 0 Å². The summed E-state index contributed by atoms with van der Waals surface area (Å²) in [5.41, 5.74) is 7.18. The molecule has 0 heterocycles. The molecule has 0 aromatic heterocycles. The lowest BCUT2D eigenvalue weighted by molar-refractivity contribution is 0.0943. The van der Waals surface area contributed by atoms with Gasteiger partial charge in [-0.15, -0.1) is 0 Å². The minimum atomic E-state index is 0.263. The Bertz CT molecular complexity index is 485. The number of ketones is 1. The van der Waals surface area contributed by atoms with Gasteiger partial charge in [-0.25, -0.2) is 0 Å². The Hall–Kier alpha value is -0.830. The van der Waals surface area contributed by atoms with Crippen LogP contribution in [0, 0.1) is 17.8 Å². The van der Waals surface area contributed by atoms with Gasteiger partial charge in [0.25, 0.3) is 0 Å². The van der Waals surface area contributed by atoms with Gasteiger partial charge in [0.2, 0.25) is 0 Å². The van der Waals surface area contributed by atoms with E-state index in [1.54, 1.807) is 6.07 Å². The van der Waals surface area contributed by atoms with E-state index in [-0.39, 0.29) is 5.78 Å². The number of nitrogen functional groups attached to an aromatic ring is 1. The van der Waals surface area contributed by atoms with Crippen molar-refractivity contribution >= 4 is 27.4 Å². The molecule has 18 heavy (non-hydrogen) atoms. The van der Waals surface area contributed by atoms with Crippen LogP contribution in [0.25, 0.3) is 0 Å². The van der Waals surface area contributed by atoms with Crippen LogP contribution in [0.4, 0.5) is 5.69 Å². The molecule has 2 fully saturated rings. The minimum absolute atomic E-state index is 0.263. The first-order valence-corrected chi connectivity index (χ1v) is 7.51. The summed E-state index contributed by atoms with van der Waals surface area (Å²) in [4.78, 5) is 12.3. The van der Waals surface area contributed by atoms with Gasteiger partial charge in [-0.3, -0.25) is 4.79 Å². The zero-order chi connectivity index (χ0) is 12.7. The first kappa shape index (κ1) is 12.2. The van der Waals surface area contributed by atoms with E-state index in [0.717, 1.165) is 21.9 Å². The van der Waals surface area contributed by atoms with Crippen molar-refractivity contribution in [3.8, 4) is 0 Å². The van der Waals surface area contributed by atoms with Crippen molar-refractivity contribution in [1.82, 2.24) is 0 Å². The molecule has 0 saturated heterocycles. The van der Waals surface area contributed by atoms with Crippen LogP contribution in [0.5, 0.6) is 0 Å². The van der Waals surface area contributed by atoms with Gasteiger partial charge >= 0.3 is 0 Å². The number of hydrogen-bond acceptors (Lipinski definition) is 2. The number of carbonyl (C=O) groups excluding carboxylic acids is 1. The maximum atomic E-state index is 12.3. The number of rotatable bonds is 3. The van der Waals surface area contributed by atoms with E-state index in [4.69, 9.17) is 5.73 Å². The van der Waals surface area contributed by atoms with Gasteiger partial charge in [0.15, 0.2) is 5.78 Å². The van der Waals surface area contributed by atoms with Crippen LogP contribution in [0.2, 0.25) is 0 Å². The third-order valence-electron chi connectivity index (χ3n) is 4.63. The summed E-state index contributed by atoms with van der Waals surface area (Å²) in [6, 6.07) is 5.46. The molecule has 1 aromatic carbocycles.